The van der Waals surface area contributed by atoms with Crippen LogP contribution in [0.1, 0.15) is 18.5 Å². The van der Waals surface area contributed by atoms with Gasteiger partial charge in [0.2, 0.25) is 0 Å². The minimum Gasteiger partial charge on any atom is -0.292 e. The molecule has 16 heavy (non-hydrogen) atoms. The third-order valence-corrected chi connectivity index (χ3v) is 1.87. The Labute approximate surface area is 90.2 Å². The van der Waals surface area contributed by atoms with E-state index < -0.39 is 24.6 Å². The molecule has 0 saturated carbocycles. The fourth-order valence-electron chi connectivity index (χ4n) is 1.07. The van der Waals surface area contributed by atoms with Crippen molar-refractivity contribution < 1.29 is 22.4 Å². The molecule has 0 aliphatic rings. The summed E-state index contributed by atoms with van der Waals surface area (Å²) in [6.45, 7) is 0.252. The molecule has 0 spiro atoms. The van der Waals surface area contributed by atoms with Gasteiger partial charge >= 0.3 is 6.18 Å². The van der Waals surface area contributed by atoms with Crippen LogP contribution in [0.4, 0.5) is 17.6 Å². The molecule has 1 atom stereocenters. The summed E-state index contributed by atoms with van der Waals surface area (Å²) in [5.74, 6) is -0.396. The van der Waals surface area contributed by atoms with Crippen molar-refractivity contribution in [1.82, 2.24) is 5.48 Å². The first-order valence-electron chi connectivity index (χ1n) is 4.58. The van der Waals surface area contributed by atoms with Crippen molar-refractivity contribution in [2.75, 3.05) is 6.61 Å². The second-order valence-corrected chi connectivity index (χ2v) is 3.29. The van der Waals surface area contributed by atoms with Crippen molar-refractivity contribution in [1.29, 1.82) is 0 Å². The quantitative estimate of drug-likeness (QED) is 0.642. The molecule has 0 amide bonds. The monoisotopic (exact) mass is 237 g/mol. The predicted molar refractivity (Wildman–Crippen MR) is 50.0 cm³/mol. The van der Waals surface area contributed by atoms with Gasteiger partial charge in [0.25, 0.3) is 0 Å². The molecule has 2 nitrogen and oxygen atoms in total. The first-order chi connectivity index (χ1) is 7.38. The van der Waals surface area contributed by atoms with Crippen LogP contribution in [-0.2, 0) is 4.84 Å². The summed E-state index contributed by atoms with van der Waals surface area (Å²) < 4.78 is 47.8. The number of hydroxylamine groups is 1. The molecule has 1 rings (SSSR count). The van der Waals surface area contributed by atoms with Crippen LogP contribution in [0.15, 0.2) is 24.3 Å². The standard InChI is InChI=1S/C10H11F4NO/c1-7(15-16-6-10(12,13)14)8-2-4-9(11)5-3-8/h2-5,7,15H,6H2,1H3. The Hall–Kier alpha value is -1.14. The number of halogens is 4. The third kappa shape index (κ3) is 4.59. The maximum Gasteiger partial charge on any atom is 0.413 e. The SMILES string of the molecule is CC(NOCC(F)(F)F)c1ccc(F)cc1. The van der Waals surface area contributed by atoms with E-state index in [4.69, 9.17) is 0 Å². The van der Waals surface area contributed by atoms with Crippen LogP contribution in [0.25, 0.3) is 0 Å². The first kappa shape index (κ1) is 12.9. The van der Waals surface area contributed by atoms with E-state index in [1.807, 2.05) is 0 Å². The summed E-state index contributed by atoms with van der Waals surface area (Å²) in [5.41, 5.74) is 2.87. The zero-order valence-corrected chi connectivity index (χ0v) is 8.51. The van der Waals surface area contributed by atoms with E-state index in [1.54, 1.807) is 6.92 Å². The molecule has 0 fully saturated rings. The number of hydrogen-bond donors (Lipinski definition) is 1. The average Bonchev–Trinajstić information content (AvgIpc) is 2.16. The number of alkyl halides is 3. The van der Waals surface area contributed by atoms with Crippen LogP contribution in [0.2, 0.25) is 0 Å². The van der Waals surface area contributed by atoms with Gasteiger partial charge in [-0.3, -0.25) is 4.84 Å². The molecule has 1 aromatic rings. The van der Waals surface area contributed by atoms with E-state index in [9.17, 15) is 17.6 Å². The van der Waals surface area contributed by atoms with Crippen molar-refractivity contribution >= 4 is 0 Å². The van der Waals surface area contributed by atoms with Crippen LogP contribution < -0.4 is 5.48 Å². The van der Waals surface area contributed by atoms with Gasteiger partial charge in [-0.15, -0.1) is 0 Å². The van der Waals surface area contributed by atoms with Gasteiger partial charge in [-0.2, -0.15) is 18.7 Å². The number of rotatable bonds is 4. The van der Waals surface area contributed by atoms with E-state index in [-0.39, 0.29) is 0 Å². The molecular formula is C10H11F4NO. The van der Waals surface area contributed by atoms with Crippen molar-refractivity contribution in [2.24, 2.45) is 0 Å². The predicted octanol–water partition coefficient (Wildman–Crippen LogP) is 2.97. The summed E-state index contributed by atoms with van der Waals surface area (Å²) in [4.78, 5) is 4.28. The number of nitrogens with one attached hydrogen (secondary N) is 1. The van der Waals surface area contributed by atoms with Crippen LogP contribution >= 0.6 is 0 Å². The highest BCUT2D eigenvalue weighted by atomic mass is 19.4. The summed E-state index contributed by atoms with van der Waals surface area (Å²) >= 11 is 0. The zero-order chi connectivity index (χ0) is 12.2. The van der Waals surface area contributed by atoms with Crippen molar-refractivity contribution in [3.63, 3.8) is 0 Å². The minimum atomic E-state index is -4.37. The highest BCUT2D eigenvalue weighted by Crippen LogP contribution is 2.16. The number of hydrogen-bond acceptors (Lipinski definition) is 2. The maximum absolute atomic E-state index is 12.6. The van der Waals surface area contributed by atoms with Gasteiger partial charge in [0.1, 0.15) is 5.82 Å². The average molecular weight is 237 g/mol. The summed E-state index contributed by atoms with van der Waals surface area (Å²) in [5, 5.41) is 0. The fraction of sp³-hybridized carbons (Fsp3) is 0.400. The molecule has 1 N–H and O–H groups in total. The van der Waals surface area contributed by atoms with E-state index in [1.165, 1.54) is 24.3 Å². The minimum absolute atomic E-state index is 0.396. The molecule has 6 heteroatoms. The van der Waals surface area contributed by atoms with Gasteiger partial charge < -0.3 is 0 Å². The number of benzene rings is 1. The first-order valence-corrected chi connectivity index (χ1v) is 4.58. The van der Waals surface area contributed by atoms with Gasteiger partial charge in [-0.25, -0.2) is 4.39 Å². The smallest absolute Gasteiger partial charge is 0.292 e. The van der Waals surface area contributed by atoms with Crippen molar-refractivity contribution in [3.8, 4) is 0 Å². The second-order valence-electron chi connectivity index (χ2n) is 3.29. The Morgan fingerprint density at radius 3 is 2.31 bits per heavy atom. The lowest BCUT2D eigenvalue weighted by Gasteiger charge is -2.15. The van der Waals surface area contributed by atoms with Crippen molar-refractivity contribution in [2.45, 2.75) is 19.1 Å². The third-order valence-electron chi connectivity index (χ3n) is 1.87. The normalized spacial score (nSPS) is 13.8. The van der Waals surface area contributed by atoms with E-state index >= 15 is 0 Å². The largest absolute Gasteiger partial charge is 0.413 e. The summed E-state index contributed by atoms with van der Waals surface area (Å²) in [7, 11) is 0. The van der Waals surface area contributed by atoms with Crippen LogP contribution in [-0.4, -0.2) is 12.8 Å². The Kier molecular flexibility index (Phi) is 4.26. The van der Waals surface area contributed by atoms with E-state index in [0.29, 0.717) is 5.56 Å². The lowest BCUT2D eigenvalue weighted by Crippen LogP contribution is -2.26. The summed E-state index contributed by atoms with van der Waals surface area (Å²) in [6.07, 6.45) is -4.37. The second kappa shape index (κ2) is 5.27. The molecule has 0 aliphatic heterocycles. The highest BCUT2D eigenvalue weighted by Gasteiger charge is 2.28. The topological polar surface area (TPSA) is 21.3 Å². The van der Waals surface area contributed by atoms with Crippen LogP contribution in [0.3, 0.4) is 0 Å². The lowest BCUT2D eigenvalue weighted by molar-refractivity contribution is -0.192. The lowest BCUT2D eigenvalue weighted by atomic mass is 10.1. The molecule has 90 valence electrons. The van der Waals surface area contributed by atoms with Crippen LogP contribution in [0, 0.1) is 5.82 Å². The van der Waals surface area contributed by atoms with Gasteiger partial charge in [-0.05, 0) is 24.6 Å². The van der Waals surface area contributed by atoms with Crippen LogP contribution in [0.5, 0.6) is 0 Å². The van der Waals surface area contributed by atoms with Gasteiger partial charge in [-0.1, -0.05) is 12.1 Å². The van der Waals surface area contributed by atoms with Gasteiger partial charge in [0.05, 0.1) is 6.04 Å². The Morgan fingerprint density at radius 2 is 1.81 bits per heavy atom. The van der Waals surface area contributed by atoms with E-state index in [2.05, 4.69) is 10.3 Å². The highest BCUT2D eigenvalue weighted by molar-refractivity contribution is 5.18. The maximum atomic E-state index is 12.6. The summed E-state index contributed by atoms with van der Waals surface area (Å²) in [6, 6.07) is 4.98. The zero-order valence-electron chi connectivity index (χ0n) is 8.51. The van der Waals surface area contributed by atoms with Gasteiger partial charge in [0, 0.05) is 0 Å². The fourth-order valence-corrected chi connectivity index (χ4v) is 1.07. The Bertz CT molecular complexity index is 323. The molecular weight excluding hydrogens is 226 g/mol. The molecule has 0 bridgehead atoms. The van der Waals surface area contributed by atoms with E-state index in [0.717, 1.165) is 0 Å². The van der Waals surface area contributed by atoms with Crippen molar-refractivity contribution in [3.05, 3.63) is 35.6 Å². The molecule has 0 radical (unpaired) electrons. The molecule has 0 aromatic heterocycles. The molecule has 0 saturated heterocycles. The Morgan fingerprint density at radius 1 is 1.25 bits per heavy atom. The molecule has 0 heterocycles. The Balaban J connectivity index is 2.41. The van der Waals surface area contributed by atoms with Gasteiger partial charge in [0.15, 0.2) is 6.61 Å². The molecule has 1 unspecified atom stereocenters. The molecule has 1 aromatic carbocycles. The molecule has 0 aliphatic carbocycles.